The van der Waals surface area contributed by atoms with Crippen LogP contribution in [-0.2, 0) is 4.79 Å². The molecule has 1 amide bonds. The molecule has 4 nitrogen and oxygen atoms in total. The summed E-state index contributed by atoms with van der Waals surface area (Å²) in [7, 11) is 0. The van der Waals surface area contributed by atoms with Gasteiger partial charge in [0, 0.05) is 0 Å². The van der Waals surface area contributed by atoms with E-state index in [2.05, 4.69) is 5.73 Å². The fraction of sp³-hybridized carbons (Fsp3) is 0.800. The van der Waals surface area contributed by atoms with Gasteiger partial charge in [-0.15, -0.1) is 0 Å². The van der Waals surface area contributed by atoms with Gasteiger partial charge in [-0.05, 0) is 6.92 Å². The predicted octanol–water partition coefficient (Wildman–Crippen LogP) is -0.854. The molecule has 0 rings (SSSR count). The van der Waals surface area contributed by atoms with Crippen LogP contribution in [0.5, 0.6) is 0 Å². The third kappa shape index (κ3) is 1.86. The summed E-state index contributed by atoms with van der Waals surface area (Å²) < 4.78 is 35.5. The normalized spacial score (nSPS) is 19.8. The van der Waals surface area contributed by atoms with Crippen molar-refractivity contribution >= 4 is 5.91 Å². The molecule has 0 aromatic carbocycles. The van der Waals surface area contributed by atoms with E-state index in [9.17, 15) is 18.0 Å². The second-order valence-corrected chi connectivity index (χ2v) is 2.45. The Labute approximate surface area is 65.8 Å². The Kier molecular flexibility index (Phi) is 2.71. The molecule has 72 valence electrons. The fourth-order valence-electron chi connectivity index (χ4n) is 0.432. The molecule has 7 heteroatoms. The number of hydrogen-bond acceptors (Lipinski definition) is 3. The van der Waals surface area contributed by atoms with Gasteiger partial charge in [0.1, 0.15) is 0 Å². The molecule has 2 atom stereocenters. The zero-order chi connectivity index (χ0) is 10.2. The van der Waals surface area contributed by atoms with E-state index in [0.29, 0.717) is 0 Å². The molecule has 0 bridgehead atoms. The van der Waals surface area contributed by atoms with Crippen molar-refractivity contribution in [1.82, 2.24) is 0 Å². The van der Waals surface area contributed by atoms with Crippen LogP contribution >= 0.6 is 0 Å². The summed E-state index contributed by atoms with van der Waals surface area (Å²) in [6, 6.07) is 0. The highest BCUT2D eigenvalue weighted by molar-refractivity contribution is 5.80. The van der Waals surface area contributed by atoms with E-state index >= 15 is 0 Å². The van der Waals surface area contributed by atoms with Gasteiger partial charge in [-0.3, -0.25) is 4.79 Å². The highest BCUT2D eigenvalue weighted by Crippen LogP contribution is 2.32. The first-order valence-corrected chi connectivity index (χ1v) is 2.87. The lowest BCUT2D eigenvalue weighted by Gasteiger charge is -2.28. The van der Waals surface area contributed by atoms with Gasteiger partial charge in [0.2, 0.25) is 5.91 Å². The zero-order valence-corrected chi connectivity index (χ0v) is 6.09. The van der Waals surface area contributed by atoms with Crippen molar-refractivity contribution in [3.63, 3.8) is 0 Å². The van der Waals surface area contributed by atoms with Crippen molar-refractivity contribution in [2.75, 3.05) is 0 Å². The highest BCUT2D eigenvalue weighted by atomic mass is 19.4. The Hall–Kier alpha value is -0.820. The SMILES string of the molecule is CC(O)(C(O)C(N)=O)C(F)(F)F. The molecule has 0 saturated carbocycles. The number of nitrogens with two attached hydrogens (primary N) is 1. The van der Waals surface area contributed by atoms with Crippen molar-refractivity contribution in [3.05, 3.63) is 0 Å². The predicted molar refractivity (Wildman–Crippen MR) is 31.9 cm³/mol. The van der Waals surface area contributed by atoms with Crippen LogP contribution in [0, 0.1) is 0 Å². The van der Waals surface area contributed by atoms with Gasteiger partial charge in [-0.1, -0.05) is 0 Å². The molecular weight excluding hydrogens is 179 g/mol. The zero-order valence-electron chi connectivity index (χ0n) is 6.09. The average Bonchev–Trinajstić information content (AvgIpc) is 1.83. The standard InChI is InChI=1S/C5H8F3NO3/c1-4(12,5(6,7)8)2(10)3(9)11/h2,10,12H,1H3,(H2,9,11). The molecular formula is C5H8F3NO3. The number of alkyl halides is 3. The van der Waals surface area contributed by atoms with E-state index in [0.717, 1.165) is 0 Å². The summed E-state index contributed by atoms with van der Waals surface area (Å²) in [6.45, 7) is 0.266. The maximum Gasteiger partial charge on any atom is 0.420 e. The second kappa shape index (κ2) is 2.91. The largest absolute Gasteiger partial charge is 0.420 e. The highest BCUT2D eigenvalue weighted by Gasteiger charge is 2.56. The lowest BCUT2D eigenvalue weighted by Crippen LogP contribution is -2.57. The number of halogens is 3. The van der Waals surface area contributed by atoms with Crippen molar-refractivity contribution in [2.45, 2.75) is 24.8 Å². The number of primary amides is 1. The number of rotatable bonds is 2. The molecule has 12 heavy (non-hydrogen) atoms. The van der Waals surface area contributed by atoms with Gasteiger partial charge >= 0.3 is 6.18 Å². The summed E-state index contributed by atoms with van der Waals surface area (Å²) in [5, 5.41) is 17.2. The van der Waals surface area contributed by atoms with Gasteiger partial charge in [-0.2, -0.15) is 13.2 Å². The molecule has 0 aliphatic carbocycles. The van der Waals surface area contributed by atoms with Crippen LogP contribution in [0.4, 0.5) is 13.2 Å². The molecule has 0 aromatic rings. The number of carbonyl (C=O) groups excluding carboxylic acids is 1. The summed E-state index contributed by atoms with van der Waals surface area (Å²) in [5.41, 5.74) is 0.869. The van der Waals surface area contributed by atoms with Crippen LogP contribution < -0.4 is 5.73 Å². The third-order valence-corrected chi connectivity index (χ3v) is 1.38. The Bertz CT molecular complexity index is 189. The molecule has 0 fully saturated rings. The monoisotopic (exact) mass is 187 g/mol. The van der Waals surface area contributed by atoms with Crippen LogP contribution in [0.2, 0.25) is 0 Å². The van der Waals surface area contributed by atoms with Crippen molar-refractivity contribution < 1.29 is 28.2 Å². The Morgan fingerprint density at radius 2 is 1.83 bits per heavy atom. The summed E-state index contributed by atoms with van der Waals surface area (Å²) in [6.07, 6.45) is -7.75. The van der Waals surface area contributed by atoms with Crippen molar-refractivity contribution in [3.8, 4) is 0 Å². The van der Waals surface area contributed by atoms with E-state index < -0.39 is 23.8 Å². The Morgan fingerprint density at radius 1 is 1.50 bits per heavy atom. The third-order valence-electron chi connectivity index (χ3n) is 1.38. The minimum absolute atomic E-state index is 0.266. The number of aliphatic hydroxyl groups excluding tert-OH is 1. The number of hydrogen-bond donors (Lipinski definition) is 3. The Balaban J connectivity index is 4.73. The maximum absolute atomic E-state index is 11.8. The molecule has 0 radical (unpaired) electrons. The quantitative estimate of drug-likeness (QED) is 0.526. The first-order valence-electron chi connectivity index (χ1n) is 2.87. The second-order valence-electron chi connectivity index (χ2n) is 2.45. The van der Waals surface area contributed by atoms with Gasteiger partial charge in [-0.25, -0.2) is 0 Å². The van der Waals surface area contributed by atoms with Crippen LogP contribution in [0.25, 0.3) is 0 Å². The van der Waals surface area contributed by atoms with E-state index in [1.807, 2.05) is 0 Å². The molecule has 0 aromatic heterocycles. The number of amides is 1. The molecule has 0 aliphatic heterocycles. The smallest absolute Gasteiger partial charge is 0.380 e. The van der Waals surface area contributed by atoms with Crippen LogP contribution in [0.15, 0.2) is 0 Å². The molecule has 0 saturated heterocycles. The van der Waals surface area contributed by atoms with Crippen LogP contribution in [-0.4, -0.2) is 34.0 Å². The van der Waals surface area contributed by atoms with E-state index in [1.165, 1.54) is 0 Å². The summed E-state index contributed by atoms with van der Waals surface area (Å²) in [4.78, 5) is 10.1. The topological polar surface area (TPSA) is 83.6 Å². The van der Waals surface area contributed by atoms with Crippen molar-refractivity contribution in [2.24, 2.45) is 5.73 Å². The molecule has 0 aliphatic rings. The maximum atomic E-state index is 11.8. The van der Waals surface area contributed by atoms with Crippen LogP contribution in [0.3, 0.4) is 0 Å². The minimum atomic E-state index is -5.10. The lowest BCUT2D eigenvalue weighted by atomic mass is 9.98. The molecule has 0 heterocycles. The van der Waals surface area contributed by atoms with Crippen molar-refractivity contribution in [1.29, 1.82) is 0 Å². The Morgan fingerprint density at radius 3 is 1.92 bits per heavy atom. The van der Waals surface area contributed by atoms with Gasteiger partial charge in [0.05, 0.1) is 0 Å². The first kappa shape index (κ1) is 11.2. The average molecular weight is 187 g/mol. The van der Waals surface area contributed by atoms with Crippen LogP contribution in [0.1, 0.15) is 6.92 Å². The van der Waals surface area contributed by atoms with E-state index in [1.54, 1.807) is 0 Å². The van der Waals surface area contributed by atoms with E-state index in [4.69, 9.17) is 10.2 Å². The van der Waals surface area contributed by atoms with Gasteiger partial charge in [0.15, 0.2) is 11.7 Å². The first-order chi connectivity index (χ1) is 5.10. The molecule has 0 spiro atoms. The number of carbonyl (C=O) groups is 1. The minimum Gasteiger partial charge on any atom is -0.380 e. The molecule has 2 unspecified atom stereocenters. The van der Waals surface area contributed by atoms with Gasteiger partial charge < -0.3 is 15.9 Å². The van der Waals surface area contributed by atoms with E-state index in [-0.39, 0.29) is 6.92 Å². The lowest BCUT2D eigenvalue weighted by molar-refractivity contribution is -0.278. The summed E-state index contributed by atoms with van der Waals surface area (Å²) >= 11 is 0. The summed E-state index contributed by atoms with van der Waals surface area (Å²) in [5.74, 6) is -1.63. The number of aliphatic hydroxyl groups is 2. The molecule has 4 N–H and O–H groups in total. The fourth-order valence-corrected chi connectivity index (χ4v) is 0.432. The van der Waals surface area contributed by atoms with Gasteiger partial charge in [0.25, 0.3) is 0 Å².